The zero-order valence-electron chi connectivity index (χ0n) is 15.4. The molecule has 3 rings (SSSR count). The Morgan fingerprint density at radius 2 is 2.20 bits per heavy atom. The Bertz CT molecular complexity index is 761. The van der Waals surface area contributed by atoms with Crippen LogP contribution in [0.5, 0.6) is 5.75 Å². The minimum atomic E-state index is -0.139. The van der Waals surface area contributed by atoms with Gasteiger partial charge in [0.25, 0.3) is 5.91 Å². The van der Waals surface area contributed by atoms with E-state index in [1.54, 1.807) is 23.5 Å². The molecule has 134 valence electrons. The minimum Gasteiger partial charge on any atom is -0.494 e. The van der Waals surface area contributed by atoms with Crippen LogP contribution in [0, 0.1) is 11.3 Å². The maximum absolute atomic E-state index is 12.5. The second-order valence-electron chi connectivity index (χ2n) is 7.61. The van der Waals surface area contributed by atoms with E-state index < -0.39 is 0 Å². The number of nitrogens with one attached hydrogen (secondary N) is 1. The zero-order chi connectivity index (χ0) is 18.0. The molecule has 0 fully saturated rings. The van der Waals surface area contributed by atoms with E-state index in [1.807, 2.05) is 19.1 Å². The number of rotatable bonds is 4. The molecular weight excluding hydrogens is 332 g/mol. The highest BCUT2D eigenvalue weighted by atomic mass is 32.1. The third-order valence-electron chi connectivity index (χ3n) is 4.79. The molecule has 1 N–H and O–H groups in total. The lowest BCUT2D eigenvalue weighted by Crippen LogP contribution is -2.26. The predicted octanol–water partition coefficient (Wildman–Crippen LogP) is 4.95. The average Bonchev–Trinajstić information content (AvgIpc) is 2.96. The van der Waals surface area contributed by atoms with Crippen LogP contribution in [0.3, 0.4) is 0 Å². The van der Waals surface area contributed by atoms with Gasteiger partial charge < -0.3 is 4.74 Å². The Hall–Kier alpha value is -1.88. The Morgan fingerprint density at radius 1 is 1.40 bits per heavy atom. The number of carbonyl (C=O) groups is 1. The molecule has 0 spiro atoms. The molecule has 1 aliphatic carbocycles. The number of hydrogen-bond acceptors (Lipinski definition) is 4. The van der Waals surface area contributed by atoms with Gasteiger partial charge in [-0.15, -0.1) is 11.3 Å². The van der Waals surface area contributed by atoms with Crippen molar-refractivity contribution in [1.82, 2.24) is 4.98 Å². The van der Waals surface area contributed by atoms with E-state index in [0.29, 0.717) is 34.4 Å². The van der Waals surface area contributed by atoms with Gasteiger partial charge in [-0.05, 0) is 55.7 Å². The fourth-order valence-electron chi connectivity index (χ4n) is 3.23. The topological polar surface area (TPSA) is 51.2 Å². The highest BCUT2D eigenvalue weighted by Gasteiger charge is 2.30. The number of benzene rings is 1. The van der Waals surface area contributed by atoms with Gasteiger partial charge in [0.05, 0.1) is 12.3 Å². The number of aryl methyl sites for hydroxylation is 1. The average molecular weight is 359 g/mol. The molecule has 1 aromatic heterocycles. The van der Waals surface area contributed by atoms with E-state index in [-0.39, 0.29) is 5.91 Å². The molecule has 1 aromatic carbocycles. The van der Waals surface area contributed by atoms with Crippen LogP contribution < -0.4 is 10.1 Å². The summed E-state index contributed by atoms with van der Waals surface area (Å²) in [6.45, 7) is 9.42. The fraction of sp³-hybridized carbons (Fsp3) is 0.500. The summed E-state index contributed by atoms with van der Waals surface area (Å²) < 4.78 is 5.46. The summed E-state index contributed by atoms with van der Waals surface area (Å²) in [7, 11) is 0. The molecule has 25 heavy (non-hydrogen) atoms. The van der Waals surface area contributed by atoms with Gasteiger partial charge in [-0.1, -0.05) is 26.8 Å². The highest BCUT2D eigenvalue weighted by Crippen LogP contribution is 2.40. The van der Waals surface area contributed by atoms with Gasteiger partial charge in [-0.2, -0.15) is 0 Å². The molecule has 1 atom stereocenters. The van der Waals surface area contributed by atoms with Crippen molar-refractivity contribution in [2.24, 2.45) is 11.3 Å². The van der Waals surface area contributed by atoms with E-state index in [4.69, 9.17) is 4.74 Å². The third kappa shape index (κ3) is 4.21. The van der Waals surface area contributed by atoms with Gasteiger partial charge in [0.2, 0.25) is 0 Å². The van der Waals surface area contributed by atoms with Crippen molar-refractivity contribution in [2.45, 2.75) is 47.0 Å². The SMILES string of the molecule is CCOc1cccc(C(=O)Nc2nc3c(s2)C[C@@H](C(C)(C)C)CC3)c1. The second kappa shape index (κ2) is 7.16. The number of ether oxygens (including phenoxy) is 1. The van der Waals surface area contributed by atoms with Gasteiger partial charge in [0, 0.05) is 10.4 Å². The molecular formula is C20H26N2O2S. The van der Waals surface area contributed by atoms with E-state index in [1.165, 1.54) is 11.3 Å². The van der Waals surface area contributed by atoms with Gasteiger partial charge >= 0.3 is 0 Å². The van der Waals surface area contributed by atoms with Crippen molar-refractivity contribution in [2.75, 3.05) is 11.9 Å². The van der Waals surface area contributed by atoms with Crippen LogP contribution >= 0.6 is 11.3 Å². The molecule has 5 heteroatoms. The first-order valence-electron chi connectivity index (χ1n) is 8.89. The Morgan fingerprint density at radius 3 is 2.92 bits per heavy atom. The summed E-state index contributed by atoms with van der Waals surface area (Å²) in [4.78, 5) is 18.5. The summed E-state index contributed by atoms with van der Waals surface area (Å²) in [5.74, 6) is 1.24. The molecule has 2 aromatic rings. The lowest BCUT2D eigenvalue weighted by atomic mass is 9.73. The van der Waals surface area contributed by atoms with Crippen LogP contribution in [0.4, 0.5) is 5.13 Å². The van der Waals surface area contributed by atoms with Gasteiger partial charge in [-0.25, -0.2) is 4.98 Å². The molecule has 0 saturated heterocycles. The first-order valence-corrected chi connectivity index (χ1v) is 9.71. The number of nitrogens with zero attached hydrogens (tertiary/aromatic N) is 1. The van der Waals surface area contributed by atoms with Gasteiger partial charge in [0.15, 0.2) is 5.13 Å². The van der Waals surface area contributed by atoms with E-state index in [2.05, 4.69) is 31.1 Å². The molecule has 0 bridgehead atoms. The van der Waals surface area contributed by atoms with E-state index in [9.17, 15) is 4.79 Å². The Labute approximate surface area is 153 Å². The smallest absolute Gasteiger partial charge is 0.257 e. The number of aromatic nitrogens is 1. The molecule has 1 aliphatic rings. The van der Waals surface area contributed by atoms with Crippen LogP contribution in [-0.4, -0.2) is 17.5 Å². The molecule has 4 nitrogen and oxygen atoms in total. The van der Waals surface area contributed by atoms with Crippen molar-refractivity contribution < 1.29 is 9.53 Å². The van der Waals surface area contributed by atoms with Crippen molar-refractivity contribution in [3.05, 3.63) is 40.4 Å². The van der Waals surface area contributed by atoms with E-state index >= 15 is 0 Å². The number of anilines is 1. The van der Waals surface area contributed by atoms with Gasteiger partial charge in [-0.3, -0.25) is 10.1 Å². The number of amides is 1. The van der Waals surface area contributed by atoms with Crippen molar-refractivity contribution >= 4 is 22.4 Å². The lowest BCUT2D eigenvalue weighted by Gasteiger charge is -2.33. The first-order chi connectivity index (χ1) is 11.9. The van der Waals surface area contributed by atoms with Crippen LogP contribution in [0.1, 0.15) is 55.0 Å². The predicted molar refractivity (Wildman–Crippen MR) is 103 cm³/mol. The molecule has 1 heterocycles. The summed E-state index contributed by atoms with van der Waals surface area (Å²) in [6.07, 6.45) is 3.24. The van der Waals surface area contributed by atoms with Crippen molar-refractivity contribution in [3.8, 4) is 5.75 Å². The van der Waals surface area contributed by atoms with Crippen molar-refractivity contribution in [3.63, 3.8) is 0 Å². The van der Waals surface area contributed by atoms with Crippen LogP contribution in [0.15, 0.2) is 24.3 Å². The normalized spacial score (nSPS) is 17.0. The maximum atomic E-state index is 12.5. The van der Waals surface area contributed by atoms with Crippen molar-refractivity contribution in [1.29, 1.82) is 0 Å². The third-order valence-corrected chi connectivity index (χ3v) is 5.83. The second-order valence-corrected chi connectivity index (χ2v) is 8.69. The maximum Gasteiger partial charge on any atom is 0.257 e. The molecule has 0 radical (unpaired) electrons. The standard InChI is InChI=1S/C20H26N2O2S/c1-5-24-15-8-6-7-13(11-15)18(23)22-19-21-16-10-9-14(20(2,3)4)12-17(16)25-19/h6-8,11,14H,5,9-10,12H2,1-4H3,(H,21,22,23)/t14-/m0/s1. The summed E-state index contributed by atoms with van der Waals surface area (Å²) in [5.41, 5.74) is 2.06. The number of fused-ring (bicyclic) bond motifs is 1. The van der Waals surface area contributed by atoms with Gasteiger partial charge in [0.1, 0.15) is 5.75 Å². The summed E-state index contributed by atoms with van der Waals surface area (Å²) >= 11 is 1.62. The quantitative estimate of drug-likeness (QED) is 0.842. The van der Waals surface area contributed by atoms with Crippen LogP contribution in [-0.2, 0) is 12.8 Å². The molecule has 1 amide bonds. The molecule has 0 aliphatic heterocycles. The first kappa shape index (κ1) is 17.9. The minimum absolute atomic E-state index is 0.139. The number of carbonyl (C=O) groups excluding carboxylic acids is 1. The largest absolute Gasteiger partial charge is 0.494 e. The Balaban J connectivity index is 1.71. The fourth-order valence-corrected chi connectivity index (χ4v) is 4.31. The number of thiazole rings is 1. The van der Waals surface area contributed by atoms with Crippen LogP contribution in [0.25, 0.3) is 0 Å². The molecule has 0 saturated carbocycles. The highest BCUT2D eigenvalue weighted by molar-refractivity contribution is 7.15. The lowest BCUT2D eigenvalue weighted by molar-refractivity contribution is 0.102. The monoisotopic (exact) mass is 358 g/mol. The molecule has 0 unspecified atom stereocenters. The Kier molecular flexibility index (Phi) is 5.13. The van der Waals surface area contributed by atoms with Crippen LogP contribution in [0.2, 0.25) is 0 Å². The van der Waals surface area contributed by atoms with E-state index in [0.717, 1.165) is 18.5 Å². The summed E-state index contributed by atoms with van der Waals surface area (Å²) in [6, 6.07) is 7.25. The summed E-state index contributed by atoms with van der Waals surface area (Å²) in [5, 5.41) is 3.65. The number of hydrogen-bond donors (Lipinski definition) is 1. The zero-order valence-corrected chi connectivity index (χ0v) is 16.2.